The van der Waals surface area contributed by atoms with Gasteiger partial charge in [0.15, 0.2) is 0 Å². The Morgan fingerprint density at radius 3 is 3.00 bits per heavy atom. The number of β-amino-alcohol motifs (C(OH)–C–C–N with tert-alkyl or cyclic N) is 1. The topological polar surface area (TPSA) is 53.5 Å². The zero-order valence-electron chi connectivity index (χ0n) is 12.8. The molecule has 22 heavy (non-hydrogen) atoms. The van der Waals surface area contributed by atoms with Crippen LogP contribution in [-0.4, -0.2) is 55.9 Å². The molecule has 1 atom stereocenters. The second kappa shape index (κ2) is 9.47. The van der Waals surface area contributed by atoms with E-state index in [1.165, 1.54) is 12.1 Å². The molecule has 2 rings (SSSR count). The minimum Gasteiger partial charge on any atom is -0.385 e. The molecule has 0 amide bonds. The van der Waals surface area contributed by atoms with E-state index < -0.39 is 5.60 Å². The number of rotatable bonds is 8. The van der Waals surface area contributed by atoms with Crippen molar-refractivity contribution in [1.29, 1.82) is 0 Å². The summed E-state index contributed by atoms with van der Waals surface area (Å²) in [5, 5.41) is 16.8. The fourth-order valence-corrected chi connectivity index (χ4v) is 3.20. The molecule has 0 aliphatic carbocycles. The molecule has 0 spiro atoms. The summed E-state index contributed by atoms with van der Waals surface area (Å²) in [5.74, 6) is 1.76. The highest BCUT2D eigenvalue weighted by Gasteiger charge is 2.28. The van der Waals surface area contributed by atoms with Crippen LogP contribution in [0.4, 0.5) is 4.39 Å². The summed E-state index contributed by atoms with van der Waals surface area (Å²) in [4.78, 5) is 0. The van der Waals surface area contributed by atoms with Crippen molar-refractivity contribution in [1.82, 2.24) is 10.6 Å². The quantitative estimate of drug-likeness (QED) is 0.630. The Hall–Kier alpha value is -0.660. The highest BCUT2D eigenvalue weighted by molar-refractivity contribution is 7.98. The van der Waals surface area contributed by atoms with E-state index in [9.17, 15) is 9.50 Å². The van der Waals surface area contributed by atoms with Gasteiger partial charge in [-0.3, -0.25) is 0 Å². The number of nitrogens with one attached hydrogen (secondary N) is 2. The number of aliphatic hydroxyl groups is 1. The van der Waals surface area contributed by atoms with E-state index in [4.69, 9.17) is 4.74 Å². The first-order valence-electron chi connectivity index (χ1n) is 7.72. The van der Waals surface area contributed by atoms with Crippen LogP contribution >= 0.6 is 11.8 Å². The van der Waals surface area contributed by atoms with Gasteiger partial charge in [-0.05, 0) is 36.4 Å². The van der Waals surface area contributed by atoms with Gasteiger partial charge in [0.2, 0.25) is 0 Å². The van der Waals surface area contributed by atoms with Crippen molar-refractivity contribution in [2.45, 2.75) is 17.8 Å². The van der Waals surface area contributed by atoms with Crippen molar-refractivity contribution in [2.75, 3.05) is 45.1 Å². The molecule has 1 fully saturated rings. The lowest BCUT2D eigenvalue weighted by atomic mass is 10.1. The molecule has 0 saturated carbocycles. The van der Waals surface area contributed by atoms with E-state index in [0.717, 1.165) is 36.6 Å². The first-order chi connectivity index (χ1) is 10.7. The first kappa shape index (κ1) is 17.7. The Morgan fingerprint density at radius 1 is 1.36 bits per heavy atom. The van der Waals surface area contributed by atoms with E-state index >= 15 is 0 Å². The standard InChI is InChI=1S/C16H25FN2O2S/c17-15-4-2-14(3-5-15)10-22-9-1-6-18-11-16(20)12-19-7-8-21-13-16/h2-5,18-20H,1,6-13H2. The van der Waals surface area contributed by atoms with Gasteiger partial charge < -0.3 is 20.5 Å². The zero-order chi connectivity index (χ0) is 15.7. The van der Waals surface area contributed by atoms with Crippen LogP contribution in [0.1, 0.15) is 12.0 Å². The number of hydrogen-bond acceptors (Lipinski definition) is 5. The second-order valence-corrected chi connectivity index (χ2v) is 6.77. The van der Waals surface area contributed by atoms with Gasteiger partial charge in [-0.1, -0.05) is 12.1 Å². The van der Waals surface area contributed by atoms with Gasteiger partial charge in [0, 0.05) is 25.4 Å². The van der Waals surface area contributed by atoms with E-state index in [2.05, 4.69) is 10.6 Å². The predicted octanol–water partition coefficient (Wildman–Crippen LogP) is 1.39. The minimum atomic E-state index is -0.808. The number of halogens is 1. The average Bonchev–Trinajstić information content (AvgIpc) is 2.73. The maximum atomic E-state index is 12.8. The first-order valence-corrected chi connectivity index (χ1v) is 8.87. The minimum absolute atomic E-state index is 0.187. The summed E-state index contributed by atoms with van der Waals surface area (Å²) in [6.45, 7) is 3.82. The number of benzene rings is 1. The third-order valence-electron chi connectivity index (χ3n) is 3.53. The SMILES string of the molecule is OC1(CNCCCSCc2ccc(F)cc2)CNCCOC1. The second-order valence-electron chi connectivity index (χ2n) is 5.66. The maximum absolute atomic E-state index is 12.8. The molecule has 1 aliphatic rings. The number of hydrogen-bond donors (Lipinski definition) is 3. The largest absolute Gasteiger partial charge is 0.385 e. The van der Waals surface area contributed by atoms with Crippen molar-refractivity contribution in [3.05, 3.63) is 35.6 Å². The smallest absolute Gasteiger partial charge is 0.123 e. The Labute approximate surface area is 135 Å². The Morgan fingerprint density at radius 2 is 2.18 bits per heavy atom. The molecule has 1 aromatic carbocycles. The normalized spacial score (nSPS) is 22.5. The monoisotopic (exact) mass is 328 g/mol. The lowest BCUT2D eigenvalue weighted by Crippen LogP contribution is -2.50. The molecule has 124 valence electrons. The van der Waals surface area contributed by atoms with Crippen LogP contribution in [0.5, 0.6) is 0 Å². The van der Waals surface area contributed by atoms with Crippen LogP contribution in [0, 0.1) is 5.82 Å². The third kappa shape index (κ3) is 6.62. The summed E-state index contributed by atoms with van der Waals surface area (Å²) >= 11 is 1.84. The van der Waals surface area contributed by atoms with Gasteiger partial charge >= 0.3 is 0 Å². The fourth-order valence-electron chi connectivity index (χ4n) is 2.28. The number of ether oxygens (including phenoxy) is 1. The molecular formula is C16H25FN2O2S. The summed E-state index contributed by atoms with van der Waals surface area (Å²) in [6.07, 6.45) is 1.04. The Kier molecular flexibility index (Phi) is 7.62. The molecule has 4 nitrogen and oxygen atoms in total. The molecule has 1 heterocycles. The fraction of sp³-hybridized carbons (Fsp3) is 0.625. The van der Waals surface area contributed by atoms with Crippen LogP contribution in [0.15, 0.2) is 24.3 Å². The van der Waals surface area contributed by atoms with Crippen molar-refractivity contribution in [2.24, 2.45) is 0 Å². The zero-order valence-corrected chi connectivity index (χ0v) is 13.6. The molecule has 1 unspecified atom stereocenters. The van der Waals surface area contributed by atoms with Crippen LogP contribution in [0.25, 0.3) is 0 Å². The van der Waals surface area contributed by atoms with Crippen LogP contribution in [-0.2, 0) is 10.5 Å². The van der Waals surface area contributed by atoms with E-state index in [-0.39, 0.29) is 5.82 Å². The molecule has 0 bridgehead atoms. The molecular weight excluding hydrogens is 303 g/mol. The summed E-state index contributed by atoms with van der Waals surface area (Å²) < 4.78 is 18.2. The van der Waals surface area contributed by atoms with Crippen molar-refractivity contribution >= 4 is 11.8 Å². The van der Waals surface area contributed by atoms with Crippen LogP contribution in [0.3, 0.4) is 0 Å². The van der Waals surface area contributed by atoms with E-state index in [1.807, 2.05) is 23.9 Å². The Bertz CT molecular complexity index is 423. The third-order valence-corrected chi connectivity index (χ3v) is 4.64. The highest BCUT2D eigenvalue weighted by Crippen LogP contribution is 2.13. The van der Waals surface area contributed by atoms with Gasteiger partial charge in [-0.2, -0.15) is 11.8 Å². The lowest BCUT2D eigenvalue weighted by Gasteiger charge is -2.26. The number of thioether (sulfide) groups is 1. The molecule has 1 saturated heterocycles. The van der Waals surface area contributed by atoms with Gasteiger partial charge in [-0.15, -0.1) is 0 Å². The van der Waals surface area contributed by atoms with E-state index in [1.54, 1.807) is 0 Å². The van der Waals surface area contributed by atoms with Crippen LogP contribution < -0.4 is 10.6 Å². The summed E-state index contributed by atoms with van der Waals surface area (Å²) in [5.41, 5.74) is 0.341. The summed E-state index contributed by atoms with van der Waals surface area (Å²) in [7, 11) is 0. The summed E-state index contributed by atoms with van der Waals surface area (Å²) in [6, 6.07) is 6.66. The van der Waals surface area contributed by atoms with Crippen molar-refractivity contribution in [3.8, 4) is 0 Å². The lowest BCUT2D eigenvalue weighted by molar-refractivity contribution is -0.0261. The highest BCUT2D eigenvalue weighted by atomic mass is 32.2. The van der Waals surface area contributed by atoms with E-state index in [0.29, 0.717) is 26.3 Å². The molecule has 3 N–H and O–H groups in total. The van der Waals surface area contributed by atoms with Crippen molar-refractivity contribution in [3.63, 3.8) is 0 Å². The molecule has 6 heteroatoms. The predicted molar refractivity (Wildman–Crippen MR) is 88.7 cm³/mol. The molecule has 1 aliphatic heterocycles. The van der Waals surface area contributed by atoms with Gasteiger partial charge in [0.25, 0.3) is 0 Å². The average molecular weight is 328 g/mol. The van der Waals surface area contributed by atoms with Gasteiger partial charge in [0.05, 0.1) is 13.2 Å². The van der Waals surface area contributed by atoms with Crippen molar-refractivity contribution < 1.29 is 14.2 Å². The molecule has 0 aromatic heterocycles. The van der Waals surface area contributed by atoms with Crippen LogP contribution in [0.2, 0.25) is 0 Å². The Balaban J connectivity index is 1.51. The maximum Gasteiger partial charge on any atom is 0.123 e. The molecule has 1 aromatic rings. The molecule has 0 radical (unpaired) electrons. The van der Waals surface area contributed by atoms with Gasteiger partial charge in [0.1, 0.15) is 11.4 Å². The van der Waals surface area contributed by atoms with Gasteiger partial charge in [-0.25, -0.2) is 4.39 Å².